The van der Waals surface area contributed by atoms with Crippen molar-refractivity contribution in [3.05, 3.63) is 59.1 Å². The van der Waals surface area contributed by atoms with E-state index in [1.165, 1.54) is 38.3 Å². The summed E-state index contributed by atoms with van der Waals surface area (Å²) in [4.78, 5) is 11.1. The molecule has 0 bridgehead atoms. The van der Waals surface area contributed by atoms with Crippen LogP contribution in [0.4, 0.5) is 5.69 Å². The number of carbonyl (C=O) groups excluding carboxylic acids is 1. The molecule has 0 aliphatic rings. The van der Waals surface area contributed by atoms with Gasteiger partial charge in [-0.3, -0.25) is 4.79 Å². The Bertz CT molecular complexity index is 884. The number of hydrogen-bond donors (Lipinski definition) is 2. The highest BCUT2D eigenvalue weighted by Gasteiger charge is 2.29. The molecular weight excluding hydrogens is 376 g/mol. The van der Waals surface area contributed by atoms with Crippen molar-refractivity contribution in [3.8, 4) is 0 Å². The maximum Gasteiger partial charge on any atom is 0.240 e. The number of nitrogens with one attached hydrogen (secondary N) is 2. The summed E-state index contributed by atoms with van der Waals surface area (Å²) >= 11 is 6.02. The van der Waals surface area contributed by atoms with Crippen LogP contribution in [0.2, 0.25) is 5.02 Å². The number of methoxy groups -OCH3 is 1. The summed E-state index contributed by atoms with van der Waals surface area (Å²) in [6, 6.07) is 13.0. The Morgan fingerprint density at radius 1 is 1.19 bits per heavy atom. The van der Waals surface area contributed by atoms with E-state index >= 15 is 0 Å². The summed E-state index contributed by atoms with van der Waals surface area (Å²) in [6.07, 6.45) is 0. The van der Waals surface area contributed by atoms with E-state index in [-0.39, 0.29) is 17.3 Å². The average molecular weight is 397 g/mol. The Labute approximate surface area is 158 Å². The smallest absolute Gasteiger partial charge is 0.240 e. The SMILES string of the molecule is COC(C)(CNS(=O)(=O)c1ccc(NC(C)=O)cc1)c1cccc(Cl)c1. The molecule has 0 aliphatic carbocycles. The van der Waals surface area contributed by atoms with Gasteiger partial charge in [0, 0.05) is 31.3 Å². The lowest BCUT2D eigenvalue weighted by Crippen LogP contribution is -2.40. The Balaban J connectivity index is 2.16. The van der Waals surface area contributed by atoms with E-state index in [0.29, 0.717) is 10.7 Å². The molecule has 0 fully saturated rings. The molecule has 140 valence electrons. The topological polar surface area (TPSA) is 84.5 Å². The zero-order valence-electron chi connectivity index (χ0n) is 14.7. The van der Waals surface area contributed by atoms with Crippen molar-refractivity contribution >= 4 is 33.2 Å². The molecule has 0 spiro atoms. The number of ether oxygens (including phenoxy) is 1. The molecular formula is C18H21ClN2O4S. The van der Waals surface area contributed by atoms with E-state index in [4.69, 9.17) is 16.3 Å². The first-order chi connectivity index (χ1) is 12.2. The fraction of sp³-hybridized carbons (Fsp3) is 0.278. The summed E-state index contributed by atoms with van der Waals surface area (Å²) in [5, 5.41) is 3.13. The second-order valence-electron chi connectivity index (χ2n) is 5.98. The van der Waals surface area contributed by atoms with Crippen molar-refractivity contribution in [2.45, 2.75) is 24.3 Å². The third-order valence-corrected chi connectivity index (χ3v) is 5.62. The van der Waals surface area contributed by atoms with Crippen LogP contribution in [0.15, 0.2) is 53.4 Å². The number of carbonyl (C=O) groups is 1. The average Bonchev–Trinajstić information content (AvgIpc) is 2.60. The van der Waals surface area contributed by atoms with Crippen LogP contribution in [-0.2, 0) is 25.2 Å². The fourth-order valence-electron chi connectivity index (χ4n) is 2.35. The largest absolute Gasteiger partial charge is 0.372 e. The van der Waals surface area contributed by atoms with E-state index in [1.54, 1.807) is 25.1 Å². The standard InChI is InChI=1S/C18H21ClN2O4S/c1-13(22)21-16-7-9-17(10-8-16)26(23,24)20-12-18(2,25-3)14-5-4-6-15(19)11-14/h4-11,20H,12H2,1-3H3,(H,21,22). The van der Waals surface area contributed by atoms with Gasteiger partial charge in [-0.1, -0.05) is 23.7 Å². The summed E-state index contributed by atoms with van der Waals surface area (Å²) < 4.78 is 33.2. The first kappa shape index (κ1) is 20.4. The van der Waals surface area contributed by atoms with Crippen molar-refractivity contribution < 1.29 is 17.9 Å². The molecule has 1 amide bonds. The molecule has 1 atom stereocenters. The maximum atomic E-state index is 12.5. The van der Waals surface area contributed by atoms with E-state index in [2.05, 4.69) is 10.0 Å². The van der Waals surface area contributed by atoms with Crippen molar-refractivity contribution in [2.24, 2.45) is 0 Å². The number of halogens is 1. The molecule has 2 N–H and O–H groups in total. The van der Waals surface area contributed by atoms with Crippen molar-refractivity contribution in [3.63, 3.8) is 0 Å². The monoisotopic (exact) mass is 396 g/mol. The van der Waals surface area contributed by atoms with Gasteiger partial charge < -0.3 is 10.1 Å². The van der Waals surface area contributed by atoms with Gasteiger partial charge in [-0.15, -0.1) is 0 Å². The van der Waals surface area contributed by atoms with Crippen molar-refractivity contribution in [1.82, 2.24) is 4.72 Å². The Morgan fingerprint density at radius 3 is 2.38 bits per heavy atom. The molecule has 2 aromatic rings. The van der Waals surface area contributed by atoms with Crippen LogP contribution < -0.4 is 10.0 Å². The van der Waals surface area contributed by atoms with Crippen LogP contribution in [0.1, 0.15) is 19.4 Å². The lowest BCUT2D eigenvalue weighted by atomic mass is 9.96. The van der Waals surface area contributed by atoms with Crippen LogP contribution in [0.25, 0.3) is 0 Å². The number of hydrogen-bond acceptors (Lipinski definition) is 4. The minimum Gasteiger partial charge on any atom is -0.372 e. The van der Waals surface area contributed by atoms with Crippen LogP contribution >= 0.6 is 11.6 Å². The molecule has 1 unspecified atom stereocenters. The van der Waals surface area contributed by atoms with Gasteiger partial charge in [0.15, 0.2) is 0 Å². The van der Waals surface area contributed by atoms with Crippen LogP contribution in [-0.4, -0.2) is 28.0 Å². The minimum absolute atomic E-state index is 0.0274. The van der Waals surface area contributed by atoms with Crippen LogP contribution in [0, 0.1) is 0 Å². The fourth-order valence-corrected chi connectivity index (χ4v) is 3.66. The van der Waals surface area contributed by atoms with E-state index in [1.807, 2.05) is 6.07 Å². The highest BCUT2D eigenvalue weighted by atomic mass is 35.5. The zero-order chi connectivity index (χ0) is 19.4. The molecule has 0 aliphatic heterocycles. The van der Waals surface area contributed by atoms with Gasteiger partial charge in [-0.05, 0) is 48.9 Å². The van der Waals surface area contributed by atoms with E-state index in [9.17, 15) is 13.2 Å². The predicted molar refractivity (Wildman–Crippen MR) is 102 cm³/mol. The molecule has 0 heterocycles. The molecule has 8 heteroatoms. The minimum atomic E-state index is -3.74. The van der Waals surface area contributed by atoms with E-state index in [0.717, 1.165) is 5.56 Å². The van der Waals surface area contributed by atoms with Gasteiger partial charge >= 0.3 is 0 Å². The van der Waals surface area contributed by atoms with Crippen molar-refractivity contribution in [1.29, 1.82) is 0 Å². The number of sulfonamides is 1. The molecule has 0 saturated carbocycles. The molecule has 6 nitrogen and oxygen atoms in total. The van der Waals surface area contributed by atoms with Gasteiger partial charge in [0.2, 0.25) is 15.9 Å². The highest BCUT2D eigenvalue weighted by Crippen LogP contribution is 2.27. The second-order valence-corrected chi connectivity index (χ2v) is 8.18. The zero-order valence-corrected chi connectivity index (χ0v) is 16.3. The Kier molecular flexibility index (Phi) is 6.41. The van der Waals surface area contributed by atoms with Gasteiger partial charge in [0.05, 0.1) is 4.90 Å². The lowest BCUT2D eigenvalue weighted by molar-refractivity contribution is -0.114. The summed E-state index contributed by atoms with van der Waals surface area (Å²) in [5.74, 6) is -0.226. The molecule has 0 saturated heterocycles. The van der Waals surface area contributed by atoms with Crippen LogP contribution in [0.3, 0.4) is 0 Å². The first-order valence-electron chi connectivity index (χ1n) is 7.85. The van der Waals surface area contributed by atoms with Crippen molar-refractivity contribution in [2.75, 3.05) is 19.0 Å². The van der Waals surface area contributed by atoms with Crippen LogP contribution in [0.5, 0.6) is 0 Å². The molecule has 26 heavy (non-hydrogen) atoms. The third kappa shape index (κ3) is 5.04. The van der Waals surface area contributed by atoms with Gasteiger partial charge in [0.25, 0.3) is 0 Å². The Morgan fingerprint density at radius 2 is 1.85 bits per heavy atom. The molecule has 2 rings (SSSR count). The number of amides is 1. The molecule has 0 aromatic heterocycles. The number of rotatable bonds is 7. The maximum absolute atomic E-state index is 12.5. The lowest BCUT2D eigenvalue weighted by Gasteiger charge is -2.29. The van der Waals surface area contributed by atoms with Gasteiger partial charge in [-0.2, -0.15) is 0 Å². The van der Waals surface area contributed by atoms with Gasteiger partial charge in [0.1, 0.15) is 5.60 Å². The number of benzene rings is 2. The Hall–Kier alpha value is -1.93. The molecule has 2 aromatic carbocycles. The number of anilines is 1. The summed E-state index contributed by atoms with van der Waals surface area (Å²) in [6.45, 7) is 3.19. The third-order valence-electron chi connectivity index (χ3n) is 3.97. The summed E-state index contributed by atoms with van der Waals surface area (Å²) in [7, 11) is -2.23. The predicted octanol–water partition coefficient (Wildman–Crippen LogP) is 3.14. The molecule has 0 radical (unpaired) electrons. The van der Waals surface area contributed by atoms with Gasteiger partial charge in [-0.25, -0.2) is 13.1 Å². The normalized spacial score (nSPS) is 13.8. The highest BCUT2D eigenvalue weighted by molar-refractivity contribution is 7.89. The first-order valence-corrected chi connectivity index (χ1v) is 9.71. The van der Waals surface area contributed by atoms with E-state index < -0.39 is 15.6 Å². The second kappa shape index (κ2) is 8.18. The quantitative estimate of drug-likeness (QED) is 0.753. The summed E-state index contributed by atoms with van der Waals surface area (Å²) in [5.41, 5.74) is 0.405.